The van der Waals surface area contributed by atoms with Crippen molar-refractivity contribution in [1.29, 1.82) is 0 Å². The summed E-state index contributed by atoms with van der Waals surface area (Å²) in [7, 11) is 1.70. The number of methoxy groups -OCH3 is 1. The number of carboxylic acids is 2. The van der Waals surface area contributed by atoms with Crippen molar-refractivity contribution >= 4 is 23.4 Å². The smallest absolute Gasteiger partial charge is 0.303 e. The molecule has 5 N–H and O–H groups in total. The molecule has 5 rings (SSSR count). The van der Waals surface area contributed by atoms with Crippen LogP contribution < -0.4 is 0 Å². The van der Waals surface area contributed by atoms with Crippen LogP contribution in [0.3, 0.4) is 0 Å². The van der Waals surface area contributed by atoms with Crippen LogP contribution >= 0.6 is 0 Å². The number of aliphatic hydroxyl groups is 1. The number of fused-ring (bicyclic) bond motifs is 6. The van der Waals surface area contributed by atoms with Gasteiger partial charge in [-0.3, -0.25) is 19.6 Å². The average molecular weight is 619 g/mol. The van der Waals surface area contributed by atoms with E-state index in [0.717, 1.165) is 79.0 Å². The van der Waals surface area contributed by atoms with Gasteiger partial charge in [0.1, 0.15) is 0 Å². The molecule has 0 aromatic carbocycles. The maximum atomic E-state index is 11.6. The third-order valence-electron chi connectivity index (χ3n) is 10.2. The maximum absolute atomic E-state index is 11.6. The van der Waals surface area contributed by atoms with Gasteiger partial charge < -0.3 is 30.0 Å². The maximum Gasteiger partial charge on any atom is 0.303 e. The quantitative estimate of drug-likeness (QED) is 0.249. The van der Waals surface area contributed by atoms with Crippen molar-refractivity contribution in [2.45, 2.75) is 105 Å². The normalized spacial score (nSPS) is 21.2. The van der Waals surface area contributed by atoms with Gasteiger partial charge in [0.05, 0.1) is 12.2 Å². The molecule has 3 aliphatic heterocycles. The van der Waals surface area contributed by atoms with Crippen LogP contribution in [0.5, 0.6) is 0 Å². The highest BCUT2D eigenvalue weighted by Gasteiger charge is 2.35. The molecule has 0 fully saturated rings. The number of nitrogens with zero attached hydrogens (tertiary/aromatic N) is 2. The fourth-order valence-corrected chi connectivity index (χ4v) is 7.58. The van der Waals surface area contributed by atoms with Crippen molar-refractivity contribution in [3.05, 3.63) is 67.6 Å². The molecule has 45 heavy (non-hydrogen) atoms. The van der Waals surface area contributed by atoms with E-state index >= 15 is 0 Å². The number of hydrogen-bond donors (Lipinski definition) is 5. The summed E-state index contributed by atoms with van der Waals surface area (Å²) in [6.07, 6.45) is 2.19. The molecule has 4 atom stereocenters. The van der Waals surface area contributed by atoms with Crippen LogP contribution in [0.1, 0.15) is 98.1 Å². The van der Waals surface area contributed by atoms with E-state index in [4.69, 9.17) is 14.7 Å². The minimum Gasteiger partial charge on any atom is -0.481 e. The largest absolute Gasteiger partial charge is 0.481 e. The number of carboxylic acid groups (broad SMARTS) is 2. The Morgan fingerprint density at radius 1 is 0.822 bits per heavy atom. The first-order chi connectivity index (χ1) is 21.3. The third kappa shape index (κ3) is 6.35. The Morgan fingerprint density at radius 2 is 1.40 bits per heavy atom. The Bertz CT molecular complexity index is 1650. The summed E-state index contributed by atoms with van der Waals surface area (Å²) < 4.78 is 5.82. The van der Waals surface area contributed by atoms with Gasteiger partial charge in [-0.15, -0.1) is 0 Å². The highest BCUT2D eigenvalue weighted by Crippen LogP contribution is 2.39. The molecule has 0 saturated carbocycles. The first-order valence-electron chi connectivity index (χ1n) is 15.9. The van der Waals surface area contributed by atoms with E-state index in [9.17, 15) is 24.9 Å². The average Bonchev–Trinajstić information content (AvgIpc) is 3.63. The van der Waals surface area contributed by atoms with Crippen LogP contribution in [-0.4, -0.2) is 61.9 Å². The molecule has 242 valence electrons. The minimum absolute atomic E-state index is 0.00541. The van der Waals surface area contributed by atoms with E-state index in [1.165, 1.54) is 0 Å². The number of aliphatic carboxylic acids is 2. The van der Waals surface area contributed by atoms with Crippen LogP contribution in [0.15, 0.2) is 32.5 Å². The molecule has 0 radical (unpaired) electrons. The molecule has 2 aromatic rings. The van der Waals surface area contributed by atoms with Gasteiger partial charge in [-0.25, -0.2) is 0 Å². The summed E-state index contributed by atoms with van der Waals surface area (Å²) >= 11 is 0. The van der Waals surface area contributed by atoms with Gasteiger partial charge in [0.25, 0.3) is 0 Å². The van der Waals surface area contributed by atoms with Crippen LogP contribution in [0, 0.1) is 25.7 Å². The minimum atomic E-state index is -0.858. The van der Waals surface area contributed by atoms with Gasteiger partial charge in [-0.05, 0) is 82.2 Å². The monoisotopic (exact) mass is 618 g/mol. The van der Waals surface area contributed by atoms with Gasteiger partial charge in [0.15, 0.2) is 0 Å². The zero-order chi connectivity index (χ0) is 32.7. The number of rotatable bonds is 9. The molecule has 0 spiro atoms. The van der Waals surface area contributed by atoms with Crippen LogP contribution in [0.4, 0.5) is 0 Å². The van der Waals surface area contributed by atoms with Crippen LogP contribution in [0.2, 0.25) is 0 Å². The lowest BCUT2D eigenvalue weighted by molar-refractivity contribution is -0.138. The lowest BCUT2D eigenvalue weighted by Gasteiger charge is -2.18. The molecule has 5 heterocycles. The number of aliphatic hydroxyl groups excluding tert-OH is 1. The molecule has 3 aliphatic rings. The summed E-state index contributed by atoms with van der Waals surface area (Å²) in [5.41, 5.74) is 13.9. The van der Waals surface area contributed by atoms with Crippen molar-refractivity contribution in [3.8, 4) is 0 Å². The highest BCUT2D eigenvalue weighted by molar-refractivity contribution is 5.95. The highest BCUT2D eigenvalue weighted by atomic mass is 16.5. The zero-order valence-electron chi connectivity index (χ0n) is 27.4. The van der Waals surface area contributed by atoms with Crippen molar-refractivity contribution < 1.29 is 29.6 Å². The Morgan fingerprint density at radius 3 is 2.04 bits per heavy atom. The summed E-state index contributed by atoms with van der Waals surface area (Å²) in [5.74, 6) is -2.02. The number of aliphatic imine (C=N–C) groups is 2. The third-order valence-corrected chi connectivity index (χ3v) is 10.2. The second-order valence-corrected chi connectivity index (χ2v) is 13.0. The second kappa shape index (κ2) is 12.9. The summed E-state index contributed by atoms with van der Waals surface area (Å²) in [6, 6.07) is 0. The van der Waals surface area contributed by atoms with Gasteiger partial charge >= 0.3 is 11.9 Å². The fraction of sp³-hybridized carbons (Fsp3) is 0.543. The number of aromatic amines is 2. The number of allylic oxidation sites excluding steroid dienone is 3. The second-order valence-electron chi connectivity index (χ2n) is 13.0. The summed E-state index contributed by atoms with van der Waals surface area (Å²) in [6.45, 7) is 12.1. The first kappa shape index (κ1) is 32.6. The number of ether oxygens (including phenoxy) is 1. The molecule has 0 saturated heterocycles. The fourth-order valence-electron chi connectivity index (χ4n) is 7.58. The standard InChI is InChI=1S/C35H46N4O6/c1-16-22(8-10-32(41)42)28-15-29-23(9-11-33(43)44)17(2)25(37-29)13-31-35(21(6)45-7)19(4)27(39-31)14-30-34(20(5)40)18(3)26(38-30)12-24(16)36-28/h20-21,23,34,36,39-40H,8-15H2,1-7H3,(H,41,42)(H,43,44). The molecule has 2 aromatic heterocycles. The van der Waals surface area contributed by atoms with Crippen molar-refractivity contribution in [2.75, 3.05) is 7.11 Å². The predicted octanol–water partition coefficient (Wildman–Crippen LogP) is 5.50. The SMILES string of the molecule is COC(C)c1c2[nH]c(c1C)CC1=NC(=C(C)C1C(C)O)Cc1[nH]c(c(CCC(=O)O)c1C)CC1=NC(=C(C)C1CCC(=O)O)C2. The molecule has 8 bridgehead atoms. The predicted molar refractivity (Wildman–Crippen MR) is 173 cm³/mol. The Balaban J connectivity index is 1.69. The summed E-state index contributed by atoms with van der Waals surface area (Å²) in [5, 5.41) is 30.0. The first-order valence-corrected chi connectivity index (χ1v) is 15.9. The molecular weight excluding hydrogens is 572 g/mol. The van der Waals surface area contributed by atoms with Gasteiger partial charge in [-0.1, -0.05) is 0 Å². The Kier molecular flexibility index (Phi) is 9.37. The van der Waals surface area contributed by atoms with Gasteiger partial charge in [0, 0.05) is 109 Å². The molecule has 4 unspecified atom stereocenters. The number of hydrogen-bond acceptors (Lipinski definition) is 6. The number of nitrogens with one attached hydrogen (secondary N) is 2. The Hall–Kier alpha value is -3.76. The van der Waals surface area contributed by atoms with Crippen LogP contribution in [-0.2, 0) is 46.4 Å². The van der Waals surface area contributed by atoms with E-state index in [1.807, 2.05) is 27.7 Å². The van der Waals surface area contributed by atoms with Crippen molar-refractivity contribution in [2.24, 2.45) is 21.8 Å². The van der Waals surface area contributed by atoms with Gasteiger partial charge in [0.2, 0.25) is 0 Å². The van der Waals surface area contributed by atoms with E-state index in [2.05, 4.69) is 23.8 Å². The van der Waals surface area contributed by atoms with Crippen molar-refractivity contribution in [1.82, 2.24) is 9.97 Å². The Labute approximate surface area is 264 Å². The van der Waals surface area contributed by atoms with Gasteiger partial charge in [-0.2, -0.15) is 0 Å². The number of carbonyl (C=O) groups is 2. The van der Waals surface area contributed by atoms with Crippen molar-refractivity contribution in [3.63, 3.8) is 0 Å². The molecule has 10 heteroatoms. The molecule has 0 amide bonds. The topological polar surface area (TPSA) is 160 Å². The zero-order valence-corrected chi connectivity index (χ0v) is 27.4. The van der Waals surface area contributed by atoms with E-state index < -0.39 is 18.0 Å². The van der Waals surface area contributed by atoms with E-state index in [0.29, 0.717) is 38.5 Å². The summed E-state index contributed by atoms with van der Waals surface area (Å²) in [4.78, 5) is 40.9. The van der Waals surface area contributed by atoms with E-state index in [-0.39, 0.29) is 30.8 Å². The molecular formula is C35H46N4O6. The van der Waals surface area contributed by atoms with E-state index in [1.54, 1.807) is 7.11 Å². The number of aromatic nitrogens is 2. The molecule has 0 aliphatic carbocycles. The lowest BCUT2D eigenvalue weighted by Crippen LogP contribution is -2.26. The number of H-pyrrole nitrogens is 2. The van der Waals surface area contributed by atoms with Crippen LogP contribution in [0.25, 0.3) is 0 Å². The lowest BCUT2D eigenvalue weighted by atomic mass is 9.87. The molecule has 10 nitrogen and oxygen atoms in total.